The van der Waals surface area contributed by atoms with E-state index in [1.165, 1.54) is 4.57 Å². The Hall–Kier alpha value is -3.48. The van der Waals surface area contributed by atoms with Gasteiger partial charge in [-0.05, 0) is 69.4 Å². The number of urea groups is 1. The van der Waals surface area contributed by atoms with Gasteiger partial charge in [-0.15, -0.1) is 0 Å². The van der Waals surface area contributed by atoms with Crippen LogP contribution < -0.4 is 27.2 Å². The molecule has 1 spiro atoms. The Balaban J connectivity index is 1.10. The molecule has 1 aromatic carbocycles. The summed E-state index contributed by atoms with van der Waals surface area (Å²) in [5.41, 5.74) is 11.5. The number of likely N-dealkylation sites (tertiary alicyclic amines) is 1. The molecule has 1 aromatic heterocycles. The number of ether oxygens (including phenoxy) is 1. The highest BCUT2D eigenvalue weighted by atomic mass is 16.5. The molecule has 216 valence electrons. The third-order valence-corrected chi connectivity index (χ3v) is 8.14. The molecule has 1 aliphatic carbocycles. The average Bonchev–Trinajstić information content (AvgIpc) is 2.88. The minimum Gasteiger partial charge on any atom is -0.492 e. The molecule has 1 unspecified atom stereocenters. The summed E-state index contributed by atoms with van der Waals surface area (Å²) in [4.78, 5) is 47.5. The first kappa shape index (κ1) is 28.1. The Bertz CT molecular complexity index is 1280. The van der Waals surface area contributed by atoms with Gasteiger partial charge in [0.05, 0.1) is 11.2 Å². The van der Waals surface area contributed by atoms with Crippen molar-refractivity contribution < 1.29 is 14.3 Å². The number of aromatic nitrogens is 2. The summed E-state index contributed by atoms with van der Waals surface area (Å²) in [6.07, 6.45) is 3.85. The Morgan fingerprint density at radius 1 is 1.10 bits per heavy atom. The third kappa shape index (κ3) is 5.98. The van der Waals surface area contributed by atoms with Crippen LogP contribution in [-0.2, 0) is 4.79 Å². The first-order chi connectivity index (χ1) is 18.9. The standard InChI is InChI=1S/C28H40N8O4/c1-19(35-17-28(18-35)14-20(29)15-28)16-40-22-6-4-21(5-7-22)36-9-8-23(32-26(36)39)31-25(38)34-12-10-33(11-13-34)24(37)27(2,3)30/h4-9,19-20H,10-18,29-30H2,1-3H3,(H,31,32,38,39). The van der Waals surface area contributed by atoms with Gasteiger partial charge in [-0.1, -0.05) is 0 Å². The number of carbonyl (C=O) groups is 2. The van der Waals surface area contributed by atoms with Gasteiger partial charge in [-0.25, -0.2) is 9.59 Å². The highest BCUT2D eigenvalue weighted by Crippen LogP contribution is 2.48. The number of nitrogens with two attached hydrogens (primary N) is 2. The summed E-state index contributed by atoms with van der Waals surface area (Å²) < 4.78 is 7.40. The van der Waals surface area contributed by atoms with E-state index in [2.05, 4.69) is 22.1 Å². The van der Waals surface area contributed by atoms with Crippen LogP contribution in [0.1, 0.15) is 33.6 Å². The number of rotatable bonds is 7. The zero-order valence-corrected chi connectivity index (χ0v) is 23.5. The molecular formula is C28H40N8O4. The van der Waals surface area contributed by atoms with Crippen molar-refractivity contribution >= 4 is 17.8 Å². The second kappa shape index (κ2) is 10.8. The molecule has 1 atom stereocenters. The van der Waals surface area contributed by atoms with E-state index in [-0.39, 0.29) is 17.8 Å². The number of nitrogens with one attached hydrogen (secondary N) is 1. The van der Waals surface area contributed by atoms with Crippen molar-refractivity contribution in [3.05, 3.63) is 47.0 Å². The summed E-state index contributed by atoms with van der Waals surface area (Å²) in [6, 6.07) is 9.19. The molecule has 5 rings (SSSR count). The molecule has 3 fully saturated rings. The SMILES string of the molecule is CC(COc1ccc(-n2ccc(NC(=O)N3CCN(C(=O)C(C)(C)N)CC3)nc2=O)cc1)N1CC2(CC(N)C2)C1. The lowest BCUT2D eigenvalue weighted by Gasteiger charge is -2.60. The number of hydrogen-bond donors (Lipinski definition) is 3. The van der Waals surface area contributed by atoms with Crippen molar-refractivity contribution in [2.45, 2.75) is 51.2 Å². The van der Waals surface area contributed by atoms with Gasteiger partial charge in [0.1, 0.15) is 18.2 Å². The summed E-state index contributed by atoms with van der Waals surface area (Å²) >= 11 is 0. The van der Waals surface area contributed by atoms with Gasteiger partial charge in [-0.2, -0.15) is 4.98 Å². The Kier molecular flexibility index (Phi) is 7.60. The second-order valence-corrected chi connectivity index (χ2v) is 12.1. The lowest BCUT2D eigenvalue weighted by molar-refractivity contribution is -0.137. The van der Waals surface area contributed by atoms with E-state index in [1.54, 1.807) is 48.0 Å². The number of amides is 3. The van der Waals surface area contributed by atoms with Crippen LogP contribution in [0.4, 0.5) is 10.6 Å². The molecule has 3 amide bonds. The van der Waals surface area contributed by atoms with Crippen molar-refractivity contribution in [2.75, 3.05) is 51.2 Å². The first-order valence-corrected chi connectivity index (χ1v) is 13.9. The minimum atomic E-state index is -0.951. The molecule has 40 heavy (non-hydrogen) atoms. The number of benzene rings is 1. The van der Waals surface area contributed by atoms with Gasteiger partial charge in [-0.3, -0.25) is 19.6 Å². The molecule has 5 N–H and O–H groups in total. The van der Waals surface area contributed by atoms with E-state index in [1.807, 2.05) is 12.1 Å². The van der Waals surface area contributed by atoms with Crippen LogP contribution in [-0.4, -0.2) is 99.7 Å². The molecular weight excluding hydrogens is 512 g/mol. The van der Waals surface area contributed by atoms with Crippen LogP contribution in [0, 0.1) is 5.41 Å². The van der Waals surface area contributed by atoms with Crippen molar-refractivity contribution in [1.29, 1.82) is 0 Å². The summed E-state index contributed by atoms with van der Waals surface area (Å²) in [5, 5.41) is 2.68. The van der Waals surface area contributed by atoms with E-state index in [4.69, 9.17) is 16.2 Å². The molecule has 0 bridgehead atoms. The van der Waals surface area contributed by atoms with Crippen molar-refractivity contribution in [3.8, 4) is 11.4 Å². The number of anilines is 1. The van der Waals surface area contributed by atoms with E-state index in [0.29, 0.717) is 56.0 Å². The average molecular weight is 553 g/mol. The van der Waals surface area contributed by atoms with Gasteiger partial charge >= 0.3 is 11.7 Å². The number of nitrogens with zero attached hydrogens (tertiary/aromatic N) is 5. The van der Waals surface area contributed by atoms with E-state index >= 15 is 0 Å². The predicted octanol–water partition coefficient (Wildman–Crippen LogP) is 0.836. The molecule has 12 nitrogen and oxygen atoms in total. The molecule has 2 aliphatic heterocycles. The van der Waals surface area contributed by atoms with Crippen molar-refractivity contribution in [3.63, 3.8) is 0 Å². The topological polar surface area (TPSA) is 152 Å². The van der Waals surface area contributed by atoms with Crippen LogP contribution in [0.5, 0.6) is 5.75 Å². The van der Waals surface area contributed by atoms with Crippen LogP contribution >= 0.6 is 0 Å². The van der Waals surface area contributed by atoms with Crippen LogP contribution in [0.3, 0.4) is 0 Å². The van der Waals surface area contributed by atoms with Crippen LogP contribution in [0.25, 0.3) is 5.69 Å². The van der Waals surface area contributed by atoms with Gasteiger partial charge in [0.15, 0.2) is 0 Å². The fraction of sp³-hybridized carbons (Fsp3) is 0.571. The monoisotopic (exact) mass is 552 g/mol. The molecule has 12 heteroatoms. The summed E-state index contributed by atoms with van der Waals surface area (Å²) in [6.45, 7) is 9.83. The zero-order chi connectivity index (χ0) is 28.7. The van der Waals surface area contributed by atoms with Crippen LogP contribution in [0.15, 0.2) is 41.3 Å². The quantitative estimate of drug-likeness (QED) is 0.457. The van der Waals surface area contributed by atoms with Crippen LogP contribution in [0.2, 0.25) is 0 Å². The fourth-order valence-corrected chi connectivity index (χ4v) is 5.84. The minimum absolute atomic E-state index is 0.147. The molecule has 0 radical (unpaired) electrons. The molecule has 3 heterocycles. The van der Waals surface area contributed by atoms with E-state index < -0.39 is 11.2 Å². The summed E-state index contributed by atoms with van der Waals surface area (Å²) in [7, 11) is 0. The highest BCUT2D eigenvalue weighted by Gasteiger charge is 2.52. The molecule has 2 aromatic rings. The van der Waals surface area contributed by atoms with Gasteiger partial charge < -0.3 is 26.0 Å². The summed E-state index contributed by atoms with van der Waals surface area (Å²) in [5.74, 6) is 0.753. The lowest BCUT2D eigenvalue weighted by Crippen LogP contribution is -2.67. The maximum Gasteiger partial charge on any atom is 0.354 e. The van der Waals surface area contributed by atoms with Gasteiger partial charge in [0.2, 0.25) is 5.91 Å². The Labute approximate surface area is 234 Å². The molecule has 3 aliphatic rings. The van der Waals surface area contributed by atoms with Gasteiger partial charge in [0, 0.05) is 57.5 Å². The van der Waals surface area contributed by atoms with E-state index in [9.17, 15) is 14.4 Å². The second-order valence-electron chi connectivity index (χ2n) is 12.1. The molecule has 2 saturated heterocycles. The Morgan fingerprint density at radius 2 is 1.73 bits per heavy atom. The molecule has 1 saturated carbocycles. The highest BCUT2D eigenvalue weighted by molar-refractivity contribution is 5.89. The maximum absolute atomic E-state index is 12.7. The largest absolute Gasteiger partial charge is 0.492 e. The van der Waals surface area contributed by atoms with Gasteiger partial charge in [0.25, 0.3) is 0 Å². The first-order valence-electron chi connectivity index (χ1n) is 13.9. The maximum atomic E-state index is 12.7. The lowest BCUT2D eigenvalue weighted by atomic mass is 9.60. The number of piperazine rings is 1. The number of hydrogen-bond acceptors (Lipinski definition) is 8. The van der Waals surface area contributed by atoms with E-state index in [0.717, 1.165) is 31.7 Å². The smallest absolute Gasteiger partial charge is 0.354 e. The predicted molar refractivity (Wildman–Crippen MR) is 151 cm³/mol. The zero-order valence-electron chi connectivity index (χ0n) is 23.5. The number of carbonyl (C=O) groups excluding carboxylic acids is 2. The van der Waals surface area contributed by atoms with Crippen molar-refractivity contribution in [2.24, 2.45) is 16.9 Å². The van der Waals surface area contributed by atoms with Crippen molar-refractivity contribution in [1.82, 2.24) is 24.3 Å². The normalized spacial score (nSPS) is 20.0. The fourth-order valence-electron chi connectivity index (χ4n) is 5.84. The Morgan fingerprint density at radius 3 is 2.30 bits per heavy atom. The third-order valence-electron chi connectivity index (χ3n) is 8.14.